The molecular weight excluding hydrogens is 322 g/mol. The van der Waals surface area contributed by atoms with Crippen molar-refractivity contribution in [3.63, 3.8) is 0 Å². The Kier molecular flexibility index (Phi) is 5.64. The molecule has 0 aromatic heterocycles. The Balaban J connectivity index is 1.59. The minimum Gasteiger partial charge on any atom is -0.497 e. The topological polar surface area (TPSA) is 21.7 Å². The van der Waals surface area contributed by atoms with Crippen LogP contribution in [0.4, 0.5) is 0 Å². The number of nitrogens with zero attached hydrogens (tertiary/aromatic N) is 1. The van der Waals surface area contributed by atoms with Crippen molar-refractivity contribution in [2.45, 2.75) is 25.8 Å². The van der Waals surface area contributed by atoms with E-state index < -0.39 is 0 Å². The largest absolute Gasteiger partial charge is 0.497 e. The molecule has 3 nitrogen and oxygen atoms in total. The van der Waals surface area contributed by atoms with Crippen molar-refractivity contribution in [1.29, 1.82) is 0 Å². The second-order valence-corrected chi connectivity index (χ2v) is 6.66. The number of aryl methyl sites for hydroxylation is 1. The van der Waals surface area contributed by atoms with Crippen LogP contribution in [0.3, 0.4) is 0 Å². The highest BCUT2D eigenvalue weighted by molar-refractivity contribution is 6.30. The lowest BCUT2D eigenvalue weighted by Crippen LogP contribution is -2.31. The molecule has 0 unspecified atom stereocenters. The summed E-state index contributed by atoms with van der Waals surface area (Å²) in [5.74, 6) is 1.82. The number of halogens is 1. The molecule has 0 fully saturated rings. The Morgan fingerprint density at radius 1 is 1.08 bits per heavy atom. The molecule has 0 radical (unpaired) electrons. The van der Waals surface area contributed by atoms with Crippen molar-refractivity contribution in [3.8, 4) is 11.5 Å². The summed E-state index contributed by atoms with van der Waals surface area (Å²) in [6, 6.07) is 12.3. The van der Waals surface area contributed by atoms with Gasteiger partial charge in [-0.3, -0.25) is 4.90 Å². The van der Waals surface area contributed by atoms with Crippen LogP contribution in [0, 0.1) is 0 Å². The Bertz CT molecular complexity index is 685. The molecule has 0 spiro atoms. The van der Waals surface area contributed by atoms with E-state index in [0.29, 0.717) is 0 Å². The summed E-state index contributed by atoms with van der Waals surface area (Å²) in [5, 5.41) is 0.800. The van der Waals surface area contributed by atoms with Crippen molar-refractivity contribution in [2.75, 3.05) is 27.3 Å². The van der Waals surface area contributed by atoms with Gasteiger partial charge in [-0.25, -0.2) is 0 Å². The van der Waals surface area contributed by atoms with Gasteiger partial charge in [-0.2, -0.15) is 0 Å². The molecule has 0 saturated heterocycles. The molecule has 0 atom stereocenters. The Labute approximate surface area is 149 Å². The lowest BCUT2D eigenvalue weighted by atomic mass is 9.97. The summed E-state index contributed by atoms with van der Waals surface area (Å²) in [5.41, 5.74) is 4.00. The molecule has 2 aromatic carbocycles. The third kappa shape index (κ3) is 4.03. The minimum atomic E-state index is 0.800. The number of methoxy groups -OCH3 is 2. The van der Waals surface area contributed by atoms with E-state index in [-0.39, 0.29) is 0 Å². The van der Waals surface area contributed by atoms with E-state index in [0.717, 1.165) is 55.4 Å². The van der Waals surface area contributed by atoms with Gasteiger partial charge in [-0.05, 0) is 55.1 Å². The van der Waals surface area contributed by atoms with Crippen LogP contribution in [0.1, 0.15) is 23.1 Å². The van der Waals surface area contributed by atoms with Gasteiger partial charge in [0.1, 0.15) is 11.5 Å². The third-order valence-corrected chi connectivity index (χ3v) is 4.91. The van der Waals surface area contributed by atoms with Crippen LogP contribution in [0.15, 0.2) is 36.4 Å². The van der Waals surface area contributed by atoms with Crippen LogP contribution in [-0.2, 0) is 19.4 Å². The van der Waals surface area contributed by atoms with E-state index in [1.54, 1.807) is 14.2 Å². The van der Waals surface area contributed by atoms with E-state index in [2.05, 4.69) is 23.1 Å². The van der Waals surface area contributed by atoms with Gasteiger partial charge < -0.3 is 9.47 Å². The van der Waals surface area contributed by atoms with Crippen molar-refractivity contribution >= 4 is 11.6 Å². The fourth-order valence-corrected chi connectivity index (χ4v) is 3.46. The highest BCUT2D eigenvalue weighted by atomic mass is 35.5. The quantitative estimate of drug-likeness (QED) is 0.777. The molecule has 0 bridgehead atoms. The molecule has 0 saturated carbocycles. The van der Waals surface area contributed by atoms with E-state index in [4.69, 9.17) is 21.1 Å². The molecule has 2 aromatic rings. The lowest BCUT2D eigenvalue weighted by molar-refractivity contribution is 0.247. The standard InChI is InChI=1S/C20H24ClNO2/c1-23-18-12-16-14-22(11-9-19(16)20(13-18)24-2)10-3-4-15-5-7-17(21)8-6-15/h5-8,12-13H,3-4,9-11,14H2,1-2H3. The van der Waals surface area contributed by atoms with Crippen molar-refractivity contribution in [2.24, 2.45) is 0 Å². The first-order valence-electron chi connectivity index (χ1n) is 8.40. The van der Waals surface area contributed by atoms with Crippen LogP contribution >= 0.6 is 11.6 Å². The van der Waals surface area contributed by atoms with E-state index in [9.17, 15) is 0 Å². The molecule has 4 heteroatoms. The van der Waals surface area contributed by atoms with E-state index in [1.807, 2.05) is 18.2 Å². The SMILES string of the molecule is COc1cc2c(c(OC)c1)CCN(CCCc1ccc(Cl)cc1)C2. The Morgan fingerprint density at radius 2 is 1.88 bits per heavy atom. The fourth-order valence-electron chi connectivity index (χ4n) is 3.34. The zero-order valence-electron chi connectivity index (χ0n) is 14.3. The molecule has 1 aliphatic rings. The summed E-state index contributed by atoms with van der Waals surface area (Å²) in [4.78, 5) is 2.51. The number of fused-ring (bicyclic) bond motifs is 1. The zero-order chi connectivity index (χ0) is 16.9. The molecule has 1 aliphatic heterocycles. The van der Waals surface area contributed by atoms with Crippen molar-refractivity contribution in [1.82, 2.24) is 4.90 Å². The zero-order valence-corrected chi connectivity index (χ0v) is 15.1. The highest BCUT2D eigenvalue weighted by Gasteiger charge is 2.20. The van der Waals surface area contributed by atoms with Crippen molar-refractivity contribution < 1.29 is 9.47 Å². The molecular formula is C20H24ClNO2. The predicted octanol–water partition coefficient (Wildman–Crippen LogP) is 4.35. The Hall–Kier alpha value is -1.71. The molecule has 0 N–H and O–H groups in total. The maximum absolute atomic E-state index is 5.94. The number of rotatable bonds is 6. The third-order valence-electron chi connectivity index (χ3n) is 4.66. The molecule has 24 heavy (non-hydrogen) atoms. The first-order chi connectivity index (χ1) is 11.7. The average molecular weight is 346 g/mol. The van der Waals surface area contributed by atoms with Gasteiger partial charge in [-0.15, -0.1) is 0 Å². The molecule has 128 valence electrons. The van der Waals surface area contributed by atoms with Gasteiger partial charge in [0.25, 0.3) is 0 Å². The lowest BCUT2D eigenvalue weighted by Gasteiger charge is -2.30. The maximum Gasteiger partial charge on any atom is 0.126 e. The minimum absolute atomic E-state index is 0.800. The molecule has 0 amide bonds. The van der Waals surface area contributed by atoms with Gasteiger partial charge in [0.2, 0.25) is 0 Å². The predicted molar refractivity (Wildman–Crippen MR) is 98.3 cm³/mol. The second kappa shape index (κ2) is 7.91. The maximum atomic E-state index is 5.94. The first kappa shape index (κ1) is 17.1. The molecule has 3 rings (SSSR count). The molecule has 0 aliphatic carbocycles. The Morgan fingerprint density at radius 3 is 2.58 bits per heavy atom. The fraction of sp³-hybridized carbons (Fsp3) is 0.400. The van der Waals surface area contributed by atoms with Crippen LogP contribution in [0.5, 0.6) is 11.5 Å². The highest BCUT2D eigenvalue weighted by Crippen LogP contribution is 2.32. The smallest absolute Gasteiger partial charge is 0.126 e. The monoisotopic (exact) mass is 345 g/mol. The average Bonchev–Trinajstić information content (AvgIpc) is 2.62. The van der Waals surface area contributed by atoms with Gasteiger partial charge >= 0.3 is 0 Å². The number of hydrogen-bond donors (Lipinski definition) is 0. The summed E-state index contributed by atoms with van der Waals surface area (Å²) < 4.78 is 10.9. The van der Waals surface area contributed by atoms with Crippen LogP contribution in [-0.4, -0.2) is 32.2 Å². The van der Waals surface area contributed by atoms with Gasteiger partial charge in [0, 0.05) is 29.7 Å². The van der Waals surface area contributed by atoms with Gasteiger partial charge in [0.05, 0.1) is 14.2 Å². The van der Waals surface area contributed by atoms with Crippen molar-refractivity contribution in [3.05, 3.63) is 58.1 Å². The number of benzene rings is 2. The van der Waals surface area contributed by atoms with Crippen LogP contribution in [0.25, 0.3) is 0 Å². The molecule has 1 heterocycles. The normalized spacial score (nSPS) is 14.3. The second-order valence-electron chi connectivity index (χ2n) is 6.22. The summed E-state index contributed by atoms with van der Waals surface area (Å²) in [6.07, 6.45) is 3.27. The van der Waals surface area contributed by atoms with E-state index >= 15 is 0 Å². The van der Waals surface area contributed by atoms with Gasteiger partial charge in [-0.1, -0.05) is 23.7 Å². The van der Waals surface area contributed by atoms with Crippen LogP contribution in [0.2, 0.25) is 5.02 Å². The van der Waals surface area contributed by atoms with Gasteiger partial charge in [0.15, 0.2) is 0 Å². The summed E-state index contributed by atoms with van der Waals surface area (Å²) >= 11 is 5.94. The van der Waals surface area contributed by atoms with Crippen LogP contribution < -0.4 is 9.47 Å². The number of ether oxygens (including phenoxy) is 2. The summed E-state index contributed by atoms with van der Waals surface area (Å²) in [7, 11) is 3.43. The first-order valence-corrected chi connectivity index (χ1v) is 8.78. The number of hydrogen-bond acceptors (Lipinski definition) is 3. The summed E-state index contributed by atoms with van der Waals surface area (Å²) in [6.45, 7) is 3.14. The van der Waals surface area contributed by atoms with E-state index in [1.165, 1.54) is 16.7 Å².